The molecule has 1 heterocycles. The fraction of sp³-hybridized carbons (Fsp3) is 0.316. The molecule has 0 saturated carbocycles. The van der Waals surface area contributed by atoms with Crippen LogP contribution in [0.25, 0.3) is 11.0 Å². The summed E-state index contributed by atoms with van der Waals surface area (Å²) in [6, 6.07) is 11.9. The Morgan fingerprint density at radius 3 is 2.48 bits per heavy atom. The number of nitrogens with zero attached hydrogens (tertiary/aromatic N) is 1. The van der Waals surface area contributed by atoms with Crippen LogP contribution >= 0.6 is 0 Å². The third-order valence-electron chi connectivity index (χ3n) is 4.08. The van der Waals surface area contributed by atoms with E-state index < -0.39 is 0 Å². The average molecular weight is 341 g/mol. The number of hydrogen-bond acceptors (Lipinski definition) is 5. The van der Waals surface area contributed by atoms with E-state index in [2.05, 4.69) is 15.3 Å². The molecule has 1 aromatic heterocycles. The summed E-state index contributed by atoms with van der Waals surface area (Å²) in [6.45, 7) is 1.47. The number of H-pyrrole nitrogens is 1. The van der Waals surface area contributed by atoms with Gasteiger partial charge in [0.05, 0.1) is 32.4 Å². The van der Waals surface area contributed by atoms with Crippen LogP contribution in [-0.2, 0) is 13.0 Å². The molecule has 0 aliphatic rings. The monoisotopic (exact) mass is 341 g/mol. The number of para-hydroxylation sites is 2. The summed E-state index contributed by atoms with van der Waals surface area (Å²) in [7, 11) is 4.86. The summed E-state index contributed by atoms with van der Waals surface area (Å²) < 4.78 is 16.2. The van der Waals surface area contributed by atoms with Crippen molar-refractivity contribution >= 4 is 11.0 Å². The van der Waals surface area contributed by atoms with Gasteiger partial charge >= 0.3 is 0 Å². The van der Waals surface area contributed by atoms with Crippen molar-refractivity contribution in [2.75, 3.05) is 27.9 Å². The van der Waals surface area contributed by atoms with Gasteiger partial charge in [0.2, 0.25) is 5.75 Å². The lowest BCUT2D eigenvalue weighted by Crippen LogP contribution is -2.18. The molecule has 0 aliphatic carbocycles. The maximum Gasteiger partial charge on any atom is 0.203 e. The second-order valence-electron chi connectivity index (χ2n) is 5.62. The van der Waals surface area contributed by atoms with Crippen molar-refractivity contribution in [3.8, 4) is 17.2 Å². The molecule has 0 amide bonds. The van der Waals surface area contributed by atoms with Gasteiger partial charge in [-0.2, -0.15) is 0 Å². The standard InChI is InChI=1S/C19H23N3O3/c1-23-16-9-8-13(18(24-2)19(16)25-3)12-20-11-10-17-21-14-6-4-5-7-15(14)22-17/h4-9,20H,10-12H2,1-3H3,(H,21,22). The Morgan fingerprint density at radius 1 is 0.960 bits per heavy atom. The molecule has 0 bridgehead atoms. The average Bonchev–Trinajstić information content (AvgIpc) is 3.07. The van der Waals surface area contributed by atoms with E-state index in [9.17, 15) is 0 Å². The number of hydrogen-bond donors (Lipinski definition) is 2. The molecule has 0 fully saturated rings. The van der Waals surface area contributed by atoms with Gasteiger partial charge in [-0.15, -0.1) is 0 Å². The number of imidazole rings is 1. The van der Waals surface area contributed by atoms with Crippen molar-refractivity contribution in [2.45, 2.75) is 13.0 Å². The molecule has 3 aromatic rings. The van der Waals surface area contributed by atoms with Gasteiger partial charge in [0, 0.05) is 25.1 Å². The molecule has 0 aliphatic heterocycles. The molecular formula is C19H23N3O3. The predicted molar refractivity (Wildman–Crippen MR) is 97.6 cm³/mol. The van der Waals surface area contributed by atoms with Crippen molar-refractivity contribution < 1.29 is 14.2 Å². The normalized spacial score (nSPS) is 10.8. The molecular weight excluding hydrogens is 318 g/mol. The van der Waals surface area contributed by atoms with Gasteiger partial charge in [-0.05, 0) is 18.2 Å². The van der Waals surface area contributed by atoms with Crippen LogP contribution in [0.1, 0.15) is 11.4 Å². The van der Waals surface area contributed by atoms with E-state index in [0.717, 1.165) is 35.4 Å². The lowest BCUT2D eigenvalue weighted by molar-refractivity contribution is 0.321. The minimum Gasteiger partial charge on any atom is -0.493 e. The fourth-order valence-corrected chi connectivity index (χ4v) is 2.86. The smallest absolute Gasteiger partial charge is 0.203 e. The molecule has 6 nitrogen and oxygen atoms in total. The largest absolute Gasteiger partial charge is 0.493 e. The van der Waals surface area contributed by atoms with E-state index in [1.54, 1.807) is 21.3 Å². The van der Waals surface area contributed by atoms with Crippen LogP contribution in [-0.4, -0.2) is 37.8 Å². The van der Waals surface area contributed by atoms with Gasteiger partial charge in [-0.3, -0.25) is 0 Å². The molecule has 6 heteroatoms. The number of nitrogens with one attached hydrogen (secondary N) is 2. The van der Waals surface area contributed by atoms with E-state index in [4.69, 9.17) is 14.2 Å². The summed E-state index contributed by atoms with van der Waals surface area (Å²) in [4.78, 5) is 7.92. The first-order valence-corrected chi connectivity index (χ1v) is 8.19. The predicted octanol–water partition coefficient (Wildman–Crippen LogP) is 2.92. The van der Waals surface area contributed by atoms with Gasteiger partial charge in [-0.25, -0.2) is 4.98 Å². The van der Waals surface area contributed by atoms with E-state index in [1.165, 1.54) is 0 Å². The maximum absolute atomic E-state index is 5.50. The maximum atomic E-state index is 5.50. The third-order valence-corrected chi connectivity index (χ3v) is 4.08. The van der Waals surface area contributed by atoms with Crippen molar-refractivity contribution in [3.05, 3.63) is 47.8 Å². The zero-order valence-electron chi connectivity index (χ0n) is 14.8. The van der Waals surface area contributed by atoms with E-state index in [-0.39, 0.29) is 0 Å². The van der Waals surface area contributed by atoms with Gasteiger partial charge < -0.3 is 24.5 Å². The second kappa shape index (κ2) is 7.90. The zero-order valence-corrected chi connectivity index (χ0v) is 14.8. The third kappa shape index (κ3) is 3.69. The SMILES string of the molecule is COc1ccc(CNCCc2nc3ccccc3[nH]2)c(OC)c1OC. The molecule has 0 radical (unpaired) electrons. The first-order valence-electron chi connectivity index (χ1n) is 8.19. The summed E-state index contributed by atoms with van der Waals surface area (Å²) in [6.07, 6.45) is 0.824. The van der Waals surface area contributed by atoms with Gasteiger partial charge in [0.15, 0.2) is 11.5 Å². The van der Waals surface area contributed by atoms with Crippen molar-refractivity contribution in [3.63, 3.8) is 0 Å². The Hall–Kier alpha value is -2.73. The van der Waals surface area contributed by atoms with Crippen molar-refractivity contribution in [2.24, 2.45) is 0 Å². The highest BCUT2D eigenvalue weighted by molar-refractivity contribution is 5.74. The van der Waals surface area contributed by atoms with Crippen LogP contribution in [0, 0.1) is 0 Å². The van der Waals surface area contributed by atoms with Crippen molar-refractivity contribution in [1.29, 1.82) is 0 Å². The van der Waals surface area contributed by atoms with Gasteiger partial charge in [-0.1, -0.05) is 18.2 Å². The Morgan fingerprint density at radius 2 is 1.76 bits per heavy atom. The van der Waals surface area contributed by atoms with Crippen LogP contribution in [0.4, 0.5) is 0 Å². The van der Waals surface area contributed by atoms with Crippen LogP contribution in [0.15, 0.2) is 36.4 Å². The topological polar surface area (TPSA) is 68.4 Å². The molecule has 3 rings (SSSR count). The number of aromatic nitrogens is 2. The number of rotatable bonds is 8. The highest BCUT2D eigenvalue weighted by Crippen LogP contribution is 2.39. The fourth-order valence-electron chi connectivity index (χ4n) is 2.86. The van der Waals surface area contributed by atoms with E-state index in [0.29, 0.717) is 23.8 Å². The molecule has 0 saturated heterocycles. The molecule has 0 unspecified atom stereocenters. The minimum atomic E-state index is 0.613. The Labute approximate surface area is 147 Å². The molecule has 2 N–H and O–H groups in total. The van der Waals surface area contributed by atoms with Gasteiger partial charge in [0.25, 0.3) is 0 Å². The molecule has 0 atom stereocenters. The number of fused-ring (bicyclic) bond motifs is 1. The van der Waals surface area contributed by atoms with Crippen LogP contribution in [0.3, 0.4) is 0 Å². The van der Waals surface area contributed by atoms with E-state index >= 15 is 0 Å². The minimum absolute atomic E-state index is 0.613. The Balaban J connectivity index is 1.61. The highest BCUT2D eigenvalue weighted by Gasteiger charge is 2.15. The Bertz CT molecular complexity index is 812. The Kier molecular flexibility index (Phi) is 5.40. The first kappa shape index (κ1) is 17.1. The molecule has 2 aromatic carbocycles. The number of methoxy groups -OCH3 is 3. The number of aromatic amines is 1. The van der Waals surface area contributed by atoms with Crippen molar-refractivity contribution in [1.82, 2.24) is 15.3 Å². The quantitative estimate of drug-likeness (QED) is 0.617. The zero-order chi connectivity index (χ0) is 17.6. The summed E-state index contributed by atoms with van der Waals surface area (Å²) in [5.74, 6) is 2.94. The molecule has 25 heavy (non-hydrogen) atoms. The van der Waals surface area contributed by atoms with Gasteiger partial charge in [0.1, 0.15) is 5.82 Å². The highest BCUT2D eigenvalue weighted by atomic mass is 16.5. The van der Waals surface area contributed by atoms with Crippen LogP contribution < -0.4 is 19.5 Å². The summed E-state index contributed by atoms with van der Waals surface area (Å²) in [5.41, 5.74) is 3.09. The first-order chi connectivity index (χ1) is 12.3. The van der Waals surface area contributed by atoms with Crippen LogP contribution in [0.2, 0.25) is 0 Å². The lowest BCUT2D eigenvalue weighted by atomic mass is 10.1. The second-order valence-corrected chi connectivity index (χ2v) is 5.62. The van der Waals surface area contributed by atoms with E-state index in [1.807, 2.05) is 36.4 Å². The molecule has 0 spiro atoms. The lowest BCUT2D eigenvalue weighted by Gasteiger charge is -2.16. The number of ether oxygens (including phenoxy) is 3. The molecule has 132 valence electrons. The number of benzene rings is 2. The summed E-state index contributed by atoms with van der Waals surface area (Å²) in [5, 5.41) is 3.42. The van der Waals surface area contributed by atoms with Crippen LogP contribution in [0.5, 0.6) is 17.2 Å². The summed E-state index contributed by atoms with van der Waals surface area (Å²) >= 11 is 0.